The van der Waals surface area contributed by atoms with Crippen molar-refractivity contribution in [2.75, 3.05) is 47.5 Å². The Hall–Kier alpha value is -5.35. The second-order valence-electron chi connectivity index (χ2n) is 23.3. The van der Waals surface area contributed by atoms with Crippen molar-refractivity contribution in [1.29, 1.82) is 0 Å². The molecule has 0 saturated carbocycles. The number of carbonyl (C=O) groups excluding carboxylic acids is 3. The molecule has 0 aromatic carbocycles. The Morgan fingerprint density at radius 1 is 0.345 bits per heavy atom. The van der Waals surface area contributed by atoms with E-state index in [1.807, 2.05) is 21.1 Å². The zero-order valence-corrected chi connectivity index (χ0v) is 55.8. The van der Waals surface area contributed by atoms with Gasteiger partial charge in [-0.2, -0.15) is 0 Å². The molecule has 0 amide bonds. The van der Waals surface area contributed by atoms with Crippen molar-refractivity contribution in [1.82, 2.24) is 0 Å². The summed E-state index contributed by atoms with van der Waals surface area (Å²) in [5.41, 5.74) is 0. The van der Waals surface area contributed by atoms with E-state index in [1.54, 1.807) is 0 Å². The molecule has 0 rings (SSSR count). The first-order valence-corrected chi connectivity index (χ1v) is 34.3. The van der Waals surface area contributed by atoms with E-state index in [-0.39, 0.29) is 38.6 Å². The lowest BCUT2D eigenvalue weighted by Gasteiger charge is -2.26. The summed E-state index contributed by atoms with van der Waals surface area (Å²) in [6.07, 6.45) is 97.0. The van der Waals surface area contributed by atoms with Gasteiger partial charge in [0.25, 0.3) is 0 Å². The summed E-state index contributed by atoms with van der Waals surface area (Å²) in [6.45, 7) is 4.49. The first kappa shape index (κ1) is 81.7. The molecule has 0 aliphatic rings. The van der Waals surface area contributed by atoms with Crippen molar-refractivity contribution < 1.29 is 42.9 Å². The number of nitrogens with zero attached hydrogens (tertiary/aromatic N) is 1. The summed E-state index contributed by atoms with van der Waals surface area (Å²) in [7, 11) is 5.91. The normalized spacial score (nSPS) is 13.8. The lowest BCUT2D eigenvalue weighted by Crippen LogP contribution is -2.44. The van der Waals surface area contributed by atoms with Gasteiger partial charge >= 0.3 is 11.9 Å². The van der Waals surface area contributed by atoms with Crippen LogP contribution in [0.5, 0.6) is 0 Å². The molecular weight excluding hydrogens is 1080 g/mol. The van der Waals surface area contributed by atoms with Gasteiger partial charge in [0, 0.05) is 12.8 Å². The molecule has 87 heavy (non-hydrogen) atoms. The van der Waals surface area contributed by atoms with Crippen molar-refractivity contribution in [2.45, 2.75) is 257 Å². The molecule has 0 aromatic heterocycles. The molecule has 0 spiro atoms. The maximum atomic E-state index is 12.9. The SMILES string of the molecule is CC/C=C\C/C=C\C/C=C\C/C=C\C/C=C\C/C=C\C/C=C\C/C=C\C/C=C\CCCCCCCCCCCC(=O)OC(COC(=O)CCCCCCCCCCC/C=C\C/C=C\C/C=C\C/C=C\C/C=C\CC)COC(OCC[N+](C)(C)C)C(=O)[O-]. The number of hydrogen-bond donors (Lipinski definition) is 0. The average molecular weight is 1200 g/mol. The Balaban J connectivity index is 4.22. The first-order valence-electron chi connectivity index (χ1n) is 34.3. The highest BCUT2D eigenvalue weighted by Crippen LogP contribution is 2.15. The maximum absolute atomic E-state index is 12.9. The fourth-order valence-electron chi connectivity index (χ4n) is 8.79. The summed E-state index contributed by atoms with van der Waals surface area (Å²) >= 11 is 0. The smallest absolute Gasteiger partial charge is 0.306 e. The van der Waals surface area contributed by atoms with Crippen molar-refractivity contribution in [3.63, 3.8) is 0 Å². The van der Waals surface area contributed by atoms with E-state index in [0.29, 0.717) is 17.4 Å². The second kappa shape index (κ2) is 66.6. The molecule has 0 bridgehead atoms. The van der Waals surface area contributed by atoms with Crippen LogP contribution in [-0.2, 0) is 33.3 Å². The van der Waals surface area contributed by atoms with Gasteiger partial charge in [-0.3, -0.25) is 9.59 Å². The third kappa shape index (κ3) is 68.0. The predicted molar refractivity (Wildman–Crippen MR) is 370 cm³/mol. The summed E-state index contributed by atoms with van der Waals surface area (Å²) in [5, 5.41) is 11.8. The molecule has 2 atom stereocenters. The standard InChI is InChI=1S/C78H125NO8/c1-6-8-10-12-14-16-18-20-22-24-26-28-30-32-33-34-35-36-37-38-39-40-41-42-43-45-47-49-51-53-55-57-59-61-63-65-67-69-76(81)87-74(73-86-78(77(82)83)84-71-70-79(3,4)5)72-85-75(80)68-66-64-62-60-58-56-54-52-50-48-46-44-31-29-27-25-23-21-19-17-15-13-11-9-7-2/h8-11,14-17,20-23,26-29,32-33,35-36,38-39,41-42,44-47,74,78H,6-7,12-13,18-19,24-25,30-31,34,37,40,43,48-73H2,1-5H3/b10-8-,11-9-,16-14-,17-15-,22-20-,23-21-,28-26-,29-27-,33-32-,36-35-,39-38-,42-41-,46-44-,47-45-. The van der Waals surface area contributed by atoms with E-state index in [9.17, 15) is 19.5 Å². The minimum absolute atomic E-state index is 0.136. The van der Waals surface area contributed by atoms with Crippen LogP contribution < -0.4 is 5.11 Å². The molecule has 9 nitrogen and oxygen atoms in total. The Bertz CT molecular complexity index is 2030. The quantitative estimate of drug-likeness (QED) is 0.0195. The Morgan fingerprint density at radius 3 is 0.920 bits per heavy atom. The Morgan fingerprint density at radius 2 is 0.621 bits per heavy atom. The van der Waals surface area contributed by atoms with Gasteiger partial charge in [0.15, 0.2) is 12.4 Å². The van der Waals surface area contributed by atoms with Gasteiger partial charge in [0.1, 0.15) is 13.2 Å². The number of carboxylic acid groups (broad SMARTS) is 1. The number of esters is 2. The molecule has 0 fully saturated rings. The van der Waals surface area contributed by atoms with E-state index in [4.69, 9.17) is 18.9 Å². The minimum Gasteiger partial charge on any atom is -0.545 e. The molecule has 0 aliphatic heterocycles. The largest absolute Gasteiger partial charge is 0.545 e. The van der Waals surface area contributed by atoms with Crippen LogP contribution in [-0.4, -0.2) is 82.3 Å². The minimum atomic E-state index is -1.64. The van der Waals surface area contributed by atoms with E-state index in [1.165, 1.54) is 64.2 Å². The molecule has 9 heteroatoms. The topological polar surface area (TPSA) is 111 Å². The average Bonchev–Trinajstić information content (AvgIpc) is 3.57. The zero-order chi connectivity index (χ0) is 63.3. The first-order chi connectivity index (χ1) is 42.6. The lowest BCUT2D eigenvalue weighted by atomic mass is 10.1. The van der Waals surface area contributed by atoms with Crippen LogP contribution in [0.1, 0.15) is 245 Å². The van der Waals surface area contributed by atoms with Gasteiger partial charge in [-0.15, -0.1) is 0 Å². The third-order valence-electron chi connectivity index (χ3n) is 14.0. The number of carbonyl (C=O) groups is 3. The number of allylic oxidation sites excluding steroid dienone is 28. The van der Waals surface area contributed by atoms with Crippen LogP contribution in [0.4, 0.5) is 0 Å². The monoisotopic (exact) mass is 1200 g/mol. The van der Waals surface area contributed by atoms with Gasteiger partial charge in [-0.25, -0.2) is 0 Å². The predicted octanol–water partition coefficient (Wildman–Crippen LogP) is 20.1. The molecule has 0 aliphatic carbocycles. The van der Waals surface area contributed by atoms with Gasteiger partial charge < -0.3 is 33.3 Å². The number of unbranched alkanes of at least 4 members (excludes halogenated alkanes) is 18. The lowest BCUT2D eigenvalue weighted by molar-refractivity contribution is -0.870. The Labute approximate surface area is 533 Å². The van der Waals surface area contributed by atoms with Gasteiger partial charge in [-0.05, 0) is 128 Å². The van der Waals surface area contributed by atoms with E-state index in [0.717, 1.165) is 148 Å². The molecule has 0 N–H and O–H groups in total. The number of aliphatic carboxylic acids is 1. The van der Waals surface area contributed by atoms with Crippen LogP contribution in [0.2, 0.25) is 0 Å². The van der Waals surface area contributed by atoms with Gasteiger partial charge in [0.2, 0.25) is 0 Å². The van der Waals surface area contributed by atoms with E-state index in [2.05, 4.69) is 184 Å². The van der Waals surface area contributed by atoms with Crippen LogP contribution in [0, 0.1) is 0 Å². The highest BCUT2D eigenvalue weighted by atomic mass is 16.7. The Kier molecular flexibility index (Phi) is 62.5. The summed E-state index contributed by atoms with van der Waals surface area (Å²) in [5.74, 6) is -2.31. The molecular formula is C78H125NO8. The fraction of sp³-hybridized carbons (Fsp3) is 0.603. The number of rotatable bonds is 61. The summed E-state index contributed by atoms with van der Waals surface area (Å²) in [4.78, 5) is 37.5. The third-order valence-corrected chi connectivity index (χ3v) is 14.0. The number of carboxylic acids is 1. The molecule has 2 unspecified atom stereocenters. The number of ether oxygens (including phenoxy) is 4. The van der Waals surface area contributed by atoms with Crippen LogP contribution in [0.3, 0.4) is 0 Å². The fourth-order valence-corrected chi connectivity index (χ4v) is 8.79. The molecule has 0 radical (unpaired) electrons. The highest BCUT2D eigenvalue weighted by molar-refractivity contribution is 5.70. The maximum Gasteiger partial charge on any atom is 0.306 e. The molecule has 0 saturated heterocycles. The van der Waals surface area contributed by atoms with Crippen molar-refractivity contribution >= 4 is 17.9 Å². The molecule has 0 aromatic rings. The van der Waals surface area contributed by atoms with Crippen molar-refractivity contribution in [3.05, 3.63) is 170 Å². The van der Waals surface area contributed by atoms with Gasteiger partial charge in [-0.1, -0.05) is 274 Å². The van der Waals surface area contributed by atoms with E-state index < -0.39 is 24.3 Å². The number of hydrogen-bond acceptors (Lipinski definition) is 8. The van der Waals surface area contributed by atoms with Crippen LogP contribution in [0.15, 0.2) is 170 Å². The van der Waals surface area contributed by atoms with Crippen molar-refractivity contribution in [3.8, 4) is 0 Å². The molecule has 0 heterocycles. The summed E-state index contributed by atoms with van der Waals surface area (Å²) in [6, 6.07) is 0. The summed E-state index contributed by atoms with van der Waals surface area (Å²) < 4.78 is 22.8. The van der Waals surface area contributed by atoms with Crippen LogP contribution in [0.25, 0.3) is 0 Å². The molecule has 490 valence electrons. The number of likely N-dealkylation sites (N-methyl/N-ethyl adjacent to an activating group) is 1. The van der Waals surface area contributed by atoms with E-state index >= 15 is 0 Å². The second-order valence-corrected chi connectivity index (χ2v) is 23.3. The van der Waals surface area contributed by atoms with Crippen molar-refractivity contribution in [2.24, 2.45) is 0 Å². The number of quaternary nitrogens is 1. The zero-order valence-electron chi connectivity index (χ0n) is 55.8. The van der Waals surface area contributed by atoms with Gasteiger partial charge in [0.05, 0.1) is 40.3 Å². The highest BCUT2D eigenvalue weighted by Gasteiger charge is 2.22. The van der Waals surface area contributed by atoms with Crippen LogP contribution >= 0.6 is 0 Å².